The van der Waals surface area contributed by atoms with E-state index in [-0.39, 0.29) is 30.3 Å². The van der Waals surface area contributed by atoms with Crippen LogP contribution in [0.15, 0.2) is 24.3 Å². The number of carbonyl (C=O) groups excluding carboxylic acids is 2. The number of nitrogens with two attached hydrogens (primary N) is 1. The van der Waals surface area contributed by atoms with Crippen LogP contribution in [0.3, 0.4) is 0 Å². The second-order valence-corrected chi connectivity index (χ2v) is 6.61. The van der Waals surface area contributed by atoms with Crippen molar-refractivity contribution in [2.75, 3.05) is 26.2 Å². The normalized spacial score (nSPS) is 19.4. The first-order valence-corrected chi connectivity index (χ1v) is 8.92. The van der Waals surface area contributed by atoms with E-state index in [9.17, 15) is 9.59 Å². The third-order valence-electron chi connectivity index (χ3n) is 4.80. The van der Waals surface area contributed by atoms with E-state index in [1.54, 1.807) is 24.3 Å². The Balaban J connectivity index is 0.00000312. The molecule has 0 saturated carbocycles. The molecule has 140 valence electrons. The first kappa shape index (κ1) is 21.5. The van der Waals surface area contributed by atoms with Gasteiger partial charge >= 0.3 is 0 Å². The maximum atomic E-state index is 12.7. The van der Waals surface area contributed by atoms with Crippen molar-refractivity contribution >= 4 is 24.2 Å². The zero-order valence-electron chi connectivity index (χ0n) is 15.4. The zero-order chi connectivity index (χ0) is 17.7. The molecule has 0 radical (unpaired) electrons. The second kappa shape index (κ2) is 9.78. The van der Waals surface area contributed by atoms with Gasteiger partial charge in [-0.15, -0.1) is 12.4 Å². The van der Waals surface area contributed by atoms with E-state index in [0.717, 1.165) is 25.9 Å². The summed E-state index contributed by atoms with van der Waals surface area (Å²) >= 11 is 0. The predicted molar refractivity (Wildman–Crippen MR) is 103 cm³/mol. The predicted octanol–water partition coefficient (Wildman–Crippen LogP) is 2.79. The van der Waals surface area contributed by atoms with Gasteiger partial charge < -0.3 is 15.5 Å². The molecule has 2 amide bonds. The SMILES string of the molecule is CCCN(CC)C(=O)c1ccc(C(=O)N2CC(CN)CC2C)cc1.Cl. The van der Waals surface area contributed by atoms with E-state index in [1.165, 1.54) is 0 Å². The van der Waals surface area contributed by atoms with Crippen LogP contribution in [-0.2, 0) is 0 Å². The Hall–Kier alpha value is -1.59. The third kappa shape index (κ3) is 4.95. The van der Waals surface area contributed by atoms with Crippen LogP contribution in [-0.4, -0.2) is 53.8 Å². The van der Waals surface area contributed by atoms with Crippen molar-refractivity contribution < 1.29 is 9.59 Å². The van der Waals surface area contributed by atoms with Crippen molar-refractivity contribution in [1.82, 2.24) is 9.80 Å². The minimum Gasteiger partial charge on any atom is -0.339 e. The molecule has 0 bridgehead atoms. The van der Waals surface area contributed by atoms with Gasteiger partial charge in [0.15, 0.2) is 0 Å². The number of carbonyl (C=O) groups is 2. The van der Waals surface area contributed by atoms with Crippen molar-refractivity contribution in [3.05, 3.63) is 35.4 Å². The maximum Gasteiger partial charge on any atom is 0.254 e. The van der Waals surface area contributed by atoms with Crippen LogP contribution in [0.5, 0.6) is 0 Å². The van der Waals surface area contributed by atoms with Crippen LogP contribution in [0.2, 0.25) is 0 Å². The average Bonchev–Trinajstić information content (AvgIpc) is 2.99. The van der Waals surface area contributed by atoms with Crippen LogP contribution < -0.4 is 5.73 Å². The molecule has 1 fully saturated rings. The highest BCUT2D eigenvalue weighted by atomic mass is 35.5. The van der Waals surface area contributed by atoms with Gasteiger partial charge in [0.05, 0.1) is 0 Å². The Morgan fingerprint density at radius 3 is 2.28 bits per heavy atom. The lowest BCUT2D eigenvalue weighted by Crippen LogP contribution is -2.34. The Bertz CT molecular complexity index is 577. The summed E-state index contributed by atoms with van der Waals surface area (Å²) < 4.78 is 0. The molecule has 2 rings (SSSR count). The molecular weight excluding hydrogens is 338 g/mol. The molecule has 1 aromatic rings. The van der Waals surface area contributed by atoms with E-state index in [4.69, 9.17) is 5.73 Å². The van der Waals surface area contributed by atoms with Crippen molar-refractivity contribution in [3.63, 3.8) is 0 Å². The minimum absolute atomic E-state index is 0. The summed E-state index contributed by atoms with van der Waals surface area (Å²) in [6.07, 6.45) is 1.90. The molecule has 2 unspecified atom stereocenters. The van der Waals surface area contributed by atoms with Crippen molar-refractivity contribution in [3.8, 4) is 0 Å². The summed E-state index contributed by atoms with van der Waals surface area (Å²) in [5.74, 6) is 0.436. The molecule has 2 N–H and O–H groups in total. The first-order chi connectivity index (χ1) is 11.5. The standard InChI is InChI=1S/C19H29N3O2.ClH/c1-4-10-21(5-2)18(23)16-6-8-17(9-7-16)19(24)22-13-15(12-20)11-14(22)3;/h6-9,14-15H,4-5,10-13,20H2,1-3H3;1H. The lowest BCUT2D eigenvalue weighted by molar-refractivity contribution is 0.0737. The zero-order valence-corrected chi connectivity index (χ0v) is 16.2. The molecule has 1 aliphatic heterocycles. The van der Waals surface area contributed by atoms with E-state index >= 15 is 0 Å². The summed E-state index contributed by atoms with van der Waals surface area (Å²) in [4.78, 5) is 28.9. The lowest BCUT2D eigenvalue weighted by atomic mass is 10.1. The Morgan fingerprint density at radius 1 is 1.20 bits per heavy atom. The van der Waals surface area contributed by atoms with Crippen LogP contribution in [0.4, 0.5) is 0 Å². The average molecular weight is 368 g/mol. The van der Waals surface area contributed by atoms with E-state index in [0.29, 0.717) is 30.1 Å². The smallest absolute Gasteiger partial charge is 0.254 e. The monoisotopic (exact) mass is 367 g/mol. The summed E-state index contributed by atoms with van der Waals surface area (Å²) in [6.45, 7) is 8.89. The molecule has 25 heavy (non-hydrogen) atoms. The van der Waals surface area contributed by atoms with E-state index in [2.05, 4.69) is 13.8 Å². The van der Waals surface area contributed by atoms with Gasteiger partial charge in [-0.25, -0.2) is 0 Å². The number of halogens is 1. The van der Waals surface area contributed by atoms with Gasteiger partial charge in [-0.05, 0) is 63.4 Å². The van der Waals surface area contributed by atoms with Gasteiger partial charge in [0.2, 0.25) is 0 Å². The molecule has 2 atom stereocenters. The number of amides is 2. The molecule has 0 aliphatic carbocycles. The van der Waals surface area contributed by atoms with Gasteiger partial charge in [-0.3, -0.25) is 9.59 Å². The minimum atomic E-state index is 0. The number of nitrogens with zero attached hydrogens (tertiary/aromatic N) is 2. The largest absolute Gasteiger partial charge is 0.339 e. The molecule has 0 spiro atoms. The Labute approximate surface area is 157 Å². The number of benzene rings is 1. The van der Waals surface area contributed by atoms with Gasteiger partial charge in [0.25, 0.3) is 11.8 Å². The van der Waals surface area contributed by atoms with Gasteiger partial charge in [0, 0.05) is 36.8 Å². The molecule has 1 saturated heterocycles. The summed E-state index contributed by atoms with van der Waals surface area (Å²) in [5.41, 5.74) is 7.01. The fraction of sp³-hybridized carbons (Fsp3) is 0.579. The number of hydrogen-bond donors (Lipinski definition) is 1. The maximum absolute atomic E-state index is 12.7. The van der Waals surface area contributed by atoms with Crippen molar-refractivity contribution in [2.24, 2.45) is 11.7 Å². The Morgan fingerprint density at radius 2 is 1.80 bits per heavy atom. The number of likely N-dealkylation sites (tertiary alicyclic amines) is 1. The fourth-order valence-electron chi connectivity index (χ4n) is 3.37. The second-order valence-electron chi connectivity index (χ2n) is 6.61. The van der Waals surface area contributed by atoms with Crippen LogP contribution >= 0.6 is 12.4 Å². The molecule has 1 aromatic carbocycles. The quantitative estimate of drug-likeness (QED) is 0.840. The summed E-state index contributed by atoms with van der Waals surface area (Å²) in [6, 6.07) is 7.26. The molecular formula is C19H30ClN3O2. The number of hydrogen-bond acceptors (Lipinski definition) is 3. The molecule has 1 aliphatic rings. The van der Waals surface area contributed by atoms with Crippen molar-refractivity contribution in [2.45, 2.75) is 39.7 Å². The van der Waals surface area contributed by atoms with Crippen LogP contribution in [0.25, 0.3) is 0 Å². The van der Waals surface area contributed by atoms with Gasteiger partial charge in [-0.1, -0.05) is 6.92 Å². The summed E-state index contributed by atoms with van der Waals surface area (Å²) in [7, 11) is 0. The highest BCUT2D eigenvalue weighted by molar-refractivity contribution is 5.98. The number of rotatable bonds is 6. The van der Waals surface area contributed by atoms with E-state index in [1.807, 2.05) is 16.7 Å². The first-order valence-electron chi connectivity index (χ1n) is 8.92. The van der Waals surface area contributed by atoms with E-state index < -0.39 is 0 Å². The highest BCUT2D eigenvalue weighted by Gasteiger charge is 2.32. The van der Waals surface area contributed by atoms with Gasteiger partial charge in [0.1, 0.15) is 0 Å². The lowest BCUT2D eigenvalue weighted by Gasteiger charge is -2.22. The fourth-order valence-corrected chi connectivity index (χ4v) is 3.37. The van der Waals surface area contributed by atoms with Gasteiger partial charge in [-0.2, -0.15) is 0 Å². The molecule has 1 heterocycles. The third-order valence-corrected chi connectivity index (χ3v) is 4.80. The van der Waals surface area contributed by atoms with Crippen molar-refractivity contribution in [1.29, 1.82) is 0 Å². The molecule has 0 aromatic heterocycles. The van der Waals surface area contributed by atoms with Crippen LogP contribution in [0.1, 0.15) is 54.3 Å². The molecule has 6 heteroatoms. The molecule has 5 nitrogen and oxygen atoms in total. The summed E-state index contributed by atoms with van der Waals surface area (Å²) in [5, 5.41) is 0. The topological polar surface area (TPSA) is 66.6 Å². The van der Waals surface area contributed by atoms with Crippen LogP contribution in [0, 0.1) is 5.92 Å². The highest BCUT2D eigenvalue weighted by Crippen LogP contribution is 2.24. The Kier molecular flexibility index (Phi) is 8.39.